The van der Waals surface area contributed by atoms with Crippen molar-refractivity contribution >= 4 is 17.9 Å². The van der Waals surface area contributed by atoms with Gasteiger partial charge in [-0.15, -0.1) is 0 Å². The SMILES string of the molecule is CS[C@H]1C[C@@H](CO)N(C(=O)OC(C)(C)C)C1. The second kappa shape index (κ2) is 5.27. The molecule has 0 aromatic rings. The maximum Gasteiger partial charge on any atom is 0.410 e. The van der Waals surface area contributed by atoms with Gasteiger partial charge >= 0.3 is 6.09 Å². The highest BCUT2D eigenvalue weighted by molar-refractivity contribution is 7.99. The summed E-state index contributed by atoms with van der Waals surface area (Å²) in [6.07, 6.45) is 2.55. The van der Waals surface area contributed by atoms with E-state index in [4.69, 9.17) is 4.74 Å². The highest BCUT2D eigenvalue weighted by atomic mass is 32.2. The van der Waals surface area contributed by atoms with E-state index < -0.39 is 5.60 Å². The fraction of sp³-hybridized carbons (Fsp3) is 0.909. The Hall–Kier alpha value is -0.420. The molecule has 1 fully saturated rings. The van der Waals surface area contributed by atoms with Crippen LogP contribution in [0.15, 0.2) is 0 Å². The van der Waals surface area contributed by atoms with Gasteiger partial charge in [-0.2, -0.15) is 11.8 Å². The lowest BCUT2D eigenvalue weighted by Crippen LogP contribution is -2.41. The van der Waals surface area contributed by atoms with Crippen LogP contribution in [0.5, 0.6) is 0 Å². The lowest BCUT2D eigenvalue weighted by molar-refractivity contribution is 0.0176. The van der Waals surface area contributed by atoms with Crippen LogP contribution in [0, 0.1) is 0 Å². The van der Waals surface area contributed by atoms with Crippen LogP contribution in [0.2, 0.25) is 0 Å². The number of rotatable bonds is 2. The Labute approximate surface area is 101 Å². The fourth-order valence-corrected chi connectivity index (χ4v) is 2.49. The van der Waals surface area contributed by atoms with Crippen molar-refractivity contribution in [2.45, 2.75) is 44.1 Å². The Morgan fingerprint density at radius 3 is 2.62 bits per heavy atom. The summed E-state index contributed by atoms with van der Waals surface area (Å²) in [6, 6.07) is -0.0905. The molecule has 16 heavy (non-hydrogen) atoms. The number of thioether (sulfide) groups is 1. The predicted molar refractivity (Wildman–Crippen MR) is 65.7 cm³/mol. The number of aliphatic hydroxyl groups excluding tert-OH is 1. The Balaban J connectivity index is 2.61. The zero-order chi connectivity index (χ0) is 12.3. The van der Waals surface area contributed by atoms with Gasteiger partial charge in [-0.05, 0) is 33.4 Å². The molecule has 0 aromatic carbocycles. The zero-order valence-corrected chi connectivity index (χ0v) is 11.2. The molecule has 0 bridgehead atoms. The number of hydrogen-bond acceptors (Lipinski definition) is 4. The van der Waals surface area contributed by atoms with E-state index >= 15 is 0 Å². The number of nitrogens with zero attached hydrogens (tertiary/aromatic N) is 1. The number of amides is 1. The molecule has 0 spiro atoms. The summed E-state index contributed by atoms with van der Waals surface area (Å²) in [5.74, 6) is 0. The van der Waals surface area contributed by atoms with Crippen LogP contribution in [-0.4, -0.2) is 52.4 Å². The van der Waals surface area contributed by atoms with E-state index in [9.17, 15) is 9.90 Å². The van der Waals surface area contributed by atoms with E-state index in [1.165, 1.54) is 0 Å². The summed E-state index contributed by atoms with van der Waals surface area (Å²) < 4.78 is 5.31. The fourth-order valence-electron chi connectivity index (χ4n) is 1.76. The van der Waals surface area contributed by atoms with Crippen LogP contribution >= 0.6 is 11.8 Å². The largest absolute Gasteiger partial charge is 0.444 e. The van der Waals surface area contributed by atoms with Crippen LogP contribution in [0.25, 0.3) is 0 Å². The van der Waals surface area contributed by atoms with Crippen molar-refractivity contribution in [2.75, 3.05) is 19.4 Å². The molecule has 1 rings (SSSR count). The Kier molecular flexibility index (Phi) is 4.50. The summed E-state index contributed by atoms with van der Waals surface area (Å²) >= 11 is 1.73. The summed E-state index contributed by atoms with van der Waals surface area (Å²) in [7, 11) is 0. The van der Waals surface area contributed by atoms with Crippen LogP contribution < -0.4 is 0 Å². The van der Waals surface area contributed by atoms with Crippen molar-refractivity contribution in [2.24, 2.45) is 0 Å². The van der Waals surface area contributed by atoms with Gasteiger partial charge in [-0.1, -0.05) is 0 Å². The molecule has 1 aliphatic heterocycles. The summed E-state index contributed by atoms with van der Waals surface area (Å²) in [4.78, 5) is 13.5. The number of ether oxygens (including phenoxy) is 1. The van der Waals surface area contributed by atoms with Gasteiger partial charge in [0.25, 0.3) is 0 Å². The molecule has 1 saturated heterocycles. The number of hydrogen-bond donors (Lipinski definition) is 1. The van der Waals surface area contributed by atoms with E-state index in [0.717, 1.165) is 6.42 Å². The third-order valence-electron chi connectivity index (χ3n) is 2.55. The topological polar surface area (TPSA) is 49.8 Å². The number of likely N-dealkylation sites (tertiary alicyclic amines) is 1. The molecule has 5 heteroatoms. The maximum atomic E-state index is 11.9. The number of carbonyl (C=O) groups is 1. The first-order valence-corrected chi connectivity index (χ1v) is 6.79. The molecule has 4 nitrogen and oxygen atoms in total. The molecule has 0 radical (unpaired) electrons. The third-order valence-corrected chi connectivity index (χ3v) is 3.56. The van der Waals surface area contributed by atoms with Crippen molar-refractivity contribution in [3.8, 4) is 0 Å². The molecule has 2 atom stereocenters. The quantitative estimate of drug-likeness (QED) is 0.807. The first-order valence-electron chi connectivity index (χ1n) is 5.50. The lowest BCUT2D eigenvalue weighted by atomic mass is 10.2. The molecule has 1 aliphatic rings. The van der Waals surface area contributed by atoms with Crippen LogP contribution in [0.3, 0.4) is 0 Å². The van der Waals surface area contributed by atoms with Gasteiger partial charge in [-0.3, -0.25) is 0 Å². The van der Waals surface area contributed by atoms with E-state index in [2.05, 4.69) is 0 Å². The van der Waals surface area contributed by atoms with E-state index in [1.54, 1.807) is 16.7 Å². The Morgan fingerprint density at radius 2 is 2.19 bits per heavy atom. The van der Waals surface area contributed by atoms with E-state index in [-0.39, 0.29) is 18.7 Å². The second-order valence-electron chi connectivity index (χ2n) is 5.06. The highest BCUT2D eigenvalue weighted by Crippen LogP contribution is 2.27. The monoisotopic (exact) mass is 247 g/mol. The zero-order valence-electron chi connectivity index (χ0n) is 10.4. The molecule has 0 unspecified atom stereocenters. The van der Waals surface area contributed by atoms with Crippen molar-refractivity contribution in [3.63, 3.8) is 0 Å². The predicted octanol–water partition coefficient (Wildman–Crippen LogP) is 1.72. The van der Waals surface area contributed by atoms with Crippen LogP contribution in [0.1, 0.15) is 27.2 Å². The Morgan fingerprint density at radius 1 is 1.56 bits per heavy atom. The number of carbonyl (C=O) groups excluding carboxylic acids is 1. The molecule has 1 N–H and O–H groups in total. The third kappa shape index (κ3) is 3.56. The molecule has 94 valence electrons. The van der Waals surface area contributed by atoms with Crippen molar-refractivity contribution in [1.29, 1.82) is 0 Å². The lowest BCUT2D eigenvalue weighted by Gasteiger charge is -2.27. The van der Waals surface area contributed by atoms with E-state index in [0.29, 0.717) is 11.8 Å². The van der Waals surface area contributed by atoms with Crippen molar-refractivity contribution in [1.82, 2.24) is 4.90 Å². The van der Waals surface area contributed by atoms with Crippen molar-refractivity contribution in [3.05, 3.63) is 0 Å². The van der Waals surface area contributed by atoms with Gasteiger partial charge in [-0.25, -0.2) is 4.79 Å². The standard InChI is InChI=1S/C11H21NO3S/c1-11(2,3)15-10(14)12-6-9(16-4)5-8(12)7-13/h8-9,13H,5-7H2,1-4H3/t8-,9-/m0/s1. The molecule has 1 heterocycles. The van der Waals surface area contributed by atoms with Gasteiger partial charge in [0.2, 0.25) is 0 Å². The summed E-state index contributed by atoms with van der Waals surface area (Å²) in [5, 5.41) is 9.65. The van der Waals surface area contributed by atoms with Crippen LogP contribution in [0.4, 0.5) is 4.79 Å². The van der Waals surface area contributed by atoms with Crippen LogP contribution in [-0.2, 0) is 4.74 Å². The molecule has 0 aromatic heterocycles. The molecular formula is C11H21NO3S. The molecule has 1 amide bonds. The minimum Gasteiger partial charge on any atom is -0.444 e. The normalized spacial score (nSPS) is 25.9. The molecule has 0 aliphatic carbocycles. The van der Waals surface area contributed by atoms with Gasteiger partial charge in [0, 0.05) is 11.8 Å². The Bertz CT molecular complexity index is 252. The van der Waals surface area contributed by atoms with Gasteiger partial charge in [0.1, 0.15) is 5.60 Å². The number of aliphatic hydroxyl groups is 1. The van der Waals surface area contributed by atoms with E-state index in [1.807, 2.05) is 27.0 Å². The average Bonchev–Trinajstić information content (AvgIpc) is 2.58. The second-order valence-corrected chi connectivity index (χ2v) is 6.20. The molecule has 0 saturated carbocycles. The molecular weight excluding hydrogens is 226 g/mol. The minimum atomic E-state index is -0.478. The smallest absolute Gasteiger partial charge is 0.410 e. The summed E-state index contributed by atoms with van der Waals surface area (Å²) in [5.41, 5.74) is -0.478. The minimum absolute atomic E-state index is 0.0102. The maximum absolute atomic E-state index is 11.9. The van der Waals surface area contributed by atoms with Gasteiger partial charge < -0.3 is 14.7 Å². The van der Waals surface area contributed by atoms with Gasteiger partial charge in [0.15, 0.2) is 0 Å². The highest BCUT2D eigenvalue weighted by Gasteiger charge is 2.36. The average molecular weight is 247 g/mol. The summed E-state index contributed by atoms with van der Waals surface area (Å²) in [6.45, 7) is 6.22. The first-order chi connectivity index (χ1) is 7.37. The first kappa shape index (κ1) is 13.6. The van der Waals surface area contributed by atoms with Crippen molar-refractivity contribution < 1.29 is 14.6 Å². The van der Waals surface area contributed by atoms with Gasteiger partial charge in [0.05, 0.1) is 12.6 Å².